The summed E-state index contributed by atoms with van der Waals surface area (Å²) in [7, 11) is 0. The monoisotopic (exact) mass is 969 g/mol. The van der Waals surface area contributed by atoms with E-state index in [4.69, 9.17) is 15.0 Å². The molecule has 0 aliphatic heterocycles. The molecule has 0 N–H and O–H groups in total. The molecule has 0 bridgehead atoms. The predicted molar refractivity (Wildman–Crippen MR) is 313 cm³/mol. The van der Waals surface area contributed by atoms with Crippen LogP contribution in [0.15, 0.2) is 261 Å². The highest BCUT2D eigenvalue weighted by atomic mass is 15.1. The summed E-state index contributed by atoms with van der Waals surface area (Å²) in [6.45, 7) is 0. The highest BCUT2D eigenvalue weighted by Gasteiger charge is 2.22. The zero-order valence-corrected chi connectivity index (χ0v) is 41.0. The van der Waals surface area contributed by atoms with Gasteiger partial charge in [-0.25, -0.2) is 15.0 Å². The second-order valence-corrected chi connectivity index (χ2v) is 19.6. The molecule has 11 aromatic carbocycles. The van der Waals surface area contributed by atoms with Crippen molar-refractivity contribution in [2.75, 3.05) is 0 Å². The topological polar surface area (TPSA) is 58.4 Å². The molecule has 0 saturated carbocycles. The van der Waals surface area contributed by atoms with Crippen LogP contribution in [0.1, 0.15) is 0 Å². The van der Waals surface area contributed by atoms with Crippen LogP contribution in [0, 0.1) is 0 Å². The van der Waals surface area contributed by atoms with Gasteiger partial charge in [0.15, 0.2) is 17.5 Å². The maximum absolute atomic E-state index is 5.36. The fraction of sp³-hybridized carbons (Fsp3) is 0. The van der Waals surface area contributed by atoms with Crippen LogP contribution < -0.4 is 0 Å². The second-order valence-electron chi connectivity index (χ2n) is 19.6. The SMILES string of the molecule is c1ccc(-c2nc(-c3ccccc3)nc(-c3cc(-n4c5ccccc5c5ccc(-n6c7ccccc7c7ccccc76)cc54)cc(-n4c5ccccc5c5ccc(-n6c7ccccc7c7ccccc76)cc54)c3)n2)cc1. The van der Waals surface area contributed by atoms with Gasteiger partial charge in [-0.15, -0.1) is 0 Å². The molecule has 5 heterocycles. The lowest BCUT2D eigenvalue weighted by molar-refractivity contribution is 1.07. The molecule has 5 aromatic heterocycles. The Morgan fingerprint density at radius 1 is 0.184 bits per heavy atom. The summed E-state index contributed by atoms with van der Waals surface area (Å²) in [4.78, 5) is 15.8. The zero-order chi connectivity index (χ0) is 49.8. The molecule has 0 unspecified atom stereocenters. The van der Waals surface area contributed by atoms with Gasteiger partial charge in [0.05, 0.1) is 44.1 Å². The van der Waals surface area contributed by atoms with Gasteiger partial charge >= 0.3 is 0 Å². The van der Waals surface area contributed by atoms with Crippen LogP contribution in [0.4, 0.5) is 0 Å². The number of hydrogen-bond donors (Lipinski definition) is 0. The molecule has 0 radical (unpaired) electrons. The van der Waals surface area contributed by atoms with E-state index in [1.165, 1.54) is 54.4 Å². The van der Waals surface area contributed by atoms with Crippen molar-refractivity contribution >= 4 is 87.2 Å². The largest absolute Gasteiger partial charge is 0.309 e. The van der Waals surface area contributed by atoms with Crippen molar-refractivity contribution < 1.29 is 0 Å². The highest BCUT2D eigenvalue weighted by Crippen LogP contribution is 2.41. The molecule has 0 saturated heterocycles. The van der Waals surface area contributed by atoms with Gasteiger partial charge in [0.25, 0.3) is 0 Å². The average molecular weight is 970 g/mol. The van der Waals surface area contributed by atoms with Crippen molar-refractivity contribution in [1.29, 1.82) is 0 Å². The van der Waals surface area contributed by atoms with Crippen LogP contribution >= 0.6 is 0 Å². The normalized spacial score (nSPS) is 11.9. The van der Waals surface area contributed by atoms with Gasteiger partial charge in [-0.1, -0.05) is 182 Å². The Kier molecular flexibility index (Phi) is 9.20. The van der Waals surface area contributed by atoms with Crippen LogP contribution in [-0.4, -0.2) is 33.2 Å². The van der Waals surface area contributed by atoms with E-state index < -0.39 is 0 Å². The zero-order valence-electron chi connectivity index (χ0n) is 41.0. The predicted octanol–water partition coefficient (Wildman–Crippen LogP) is 17.3. The smallest absolute Gasteiger partial charge is 0.164 e. The van der Waals surface area contributed by atoms with E-state index in [1.807, 2.05) is 36.4 Å². The Morgan fingerprint density at radius 2 is 0.447 bits per heavy atom. The van der Waals surface area contributed by atoms with E-state index in [0.717, 1.165) is 72.3 Å². The molecule has 0 aliphatic rings. The Labute approximate surface area is 436 Å². The fourth-order valence-corrected chi connectivity index (χ4v) is 12.1. The second kappa shape index (κ2) is 16.6. The average Bonchev–Trinajstić information content (AvgIpc) is 4.29. The number of hydrogen-bond acceptors (Lipinski definition) is 3. The Balaban J connectivity index is 1.01. The summed E-state index contributed by atoms with van der Waals surface area (Å²) in [5.41, 5.74) is 15.9. The molecule has 16 rings (SSSR count). The van der Waals surface area contributed by atoms with E-state index in [1.54, 1.807) is 0 Å². The first-order chi connectivity index (χ1) is 37.7. The molecule has 354 valence electrons. The molecular formula is C69H43N7. The van der Waals surface area contributed by atoms with Crippen LogP contribution in [0.2, 0.25) is 0 Å². The standard InChI is InChI=1S/C69H43N7/c1-3-19-44(20-4-1)67-70-68(45-21-5-2-6-22-45)72-69(71-67)46-39-49(75-63-33-17-11-27-55(63)57-37-35-47(42-65(57)75)73-59-29-13-7-23-51(59)52-24-8-14-30-60(52)73)41-50(40-46)76-64-34-18-12-28-56(64)58-38-36-48(43-66(58)76)74-61-31-15-9-25-53(61)54-26-10-16-32-62(54)74/h1-43H. The minimum absolute atomic E-state index is 0.578. The third-order valence-electron chi connectivity index (χ3n) is 15.4. The van der Waals surface area contributed by atoms with Crippen molar-refractivity contribution in [2.24, 2.45) is 0 Å². The number of benzene rings is 11. The summed E-state index contributed by atoms with van der Waals surface area (Å²) in [6, 6.07) is 93.6. The van der Waals surface area contributed by atoms with Crippen LogP contribution in [-0.2, 0) is 0 Å². The summed E-state index contributed by atoms with van der Waals surface area (Å²) >= 11 is 0. The van der Waals surface area contributed by atoms with Crippen LogP contribution in [0.25, 0.3) is 144 Å². The van der Waals surface area contributed by atoms with Gasteiger partial charge in [-0.2, -0.15) is 0 Å². The quantitative estimate of drug-likeness (QED) is 0.160. The van der Waals surface area contributed by atoms with E-state index in [0.29, 0.717) is 17.5 Å². The van der Waals surface area contributed by atoms with Gasteiger partial charge in [-0.05, 0) is 78.9 Å². The first-order valence-electron chi connectivity index (χ1n) is 25.8. The van der Waals surface area contributed by atoms with Crippen LogP contribution in [0.3, 0.4) is 0 Å². The van der Waals surface area contributed by atoms with E-state index in [-0.39, 0.29) is 0 Å². The van der Waals surface area contributed by atoms with E-state index in [2.05, 4.69) is 243 Å². The molecule has 0 spiro atoms. The molecule has 0 atom stereocenters. The summed E-state index contributed by atoms with van der Waals surface area (Å²) in [5, 5.41) is 9.58. The lowest BCUT2D eigenvalue weighted by atomic mass is 10.1. The minimum Gasteiger partial charge on any atom is -0.309 e. The lowest BCUT2D eigenvalue weighted by Gasteiger charge is -2.17. The van der Waals surface area contributed by atoms with Crippen LogP contribution in [0.5, 0.6) is 0 Å². The highest BCUT2D eigenvalue weighted by molar-refractivity contribution is 6.14. The molecule has 0 fully saturated rings. The fourth-order valence-electron chi connectivity index (χ4n) is 12.1. The van der Waals surface area contributed by atoms with E-state index >= 15 is 0 Å². The van der Waals surface area contributed by atoms with Crippen molar-refractivity contribution in [1.82, 2.24) is 33.2 Å². The van der Waals surface area contributed by atoms with Crippen molar-refractivity contribution in [3.63, 3.8) is 0 Å². The van der Waals surface area contributed by atoms with Gasteiger partial charge < -0.3 is 18.3 Å². The molecule has 76 heavy (non-hydrogen) atoms. The van der Waals surface area contributed by atoms with E-state index in [9.17, 15) is 0 Å². The molecule has 16 aromatic rings. The molecule has 0 amide bonds. The Hall–Kier alpha value is -10.4. The first-order valence-corrected chi connectivity index (χ1v) is 25.8. The number of fused-ring (bicyclic) bond motifs is 12. The minimum atomic E-state index is 0.578. The van der Waals surface area contributed by atoms with Gasteiger partial charge in [0, 0.05) is 82.5 Å². The maximum Gasteiger partial charge on any atom is 0.164 e. The summed E-state index contributed by atoms with van der Waals surface area (Å²) in [5.74, 6) is 1.79. The molecular weight excluding hydrogens is 927 g/mol. The van der Waals surface area contributed by atoms with Crippen molar-refractivity contribution in [3.8, 4) is 56.9 Å². The third-order valence-corrected chi connectivity index (χ3v) is 15.4. The Bertz CT molecular complexity index is 4580. The van der Waals surface area contributed by atoms with Crippen molar-refractivity contribution in [2.45, 2.75) is 0 Å². The van der Waals surface area contributed by atoms with Gasteiger partial charge in [0.1, 0.15) is 0 Å². The number of para-hydroxylation sites is 6. The maximum atomic E-state index is 5.36. The molecule has 0 aliphatic carbocycles. The number of rotatable bonds is 7. The molecule has 7 heteroatoms. The summed E-state index contributed by atoms with van der Waals surface area (Å²) in [6.07, 6.45) is 0. The number of aromatic nitrogens is 7. The van der Waals surface area contributed by atoms with Crippen molar-refractivity contribution in [3.05, 3.63) is 261 Å². The lowest BCUT2D eigenvalue weighted by Crippen LogP contribution is -2.04. The van der Waals surface area contributed by atoms with Gasteiger partial charge in [-0.3, -0.25) is 0 Å². The first kappa shape index (κ1) is 42.2. The third kappa shape index (κ3) is 6.39. The number of nitrogens with zero attached hydrogens (tertiary/aromatic N) is 7. The Morgan fingerprint density at radius 3 is 0.776 bits per heavy atom. The molecule has 7 nitrogen and oxygen atoms in total. The summed E-state index contributed by atoms with van der Waals surface area (Å²) < 4.78 is 9.68. The van der Waals surface area contributed by atoms with Gasteiger partial charge in [0.2, 0.25) is 0 Å².